The zero-order chi connectivity index (χ0) is 10.2. The van der Waals surface area contributed by atoms with E-state index in [4.69, 9.17) is 5.26 Å². The maximum absolute atomic E-state index is 8.41. The van der Waals surface area contributed by atoms with Gasteiger partial charge >= 0.3 is 0 Å². The highest BCUT2D eigenvalue weighted by molar-refractivity contribution is 5.03. The van der Waals surface area contributed by atoms with Crippen LogP contribution in [-0.4, -0.2) is 30.0 Å². The number of aromatic nitrogens is 1. The summed E-state index contributed by atoms with van der Waals surface area (Å²) in [7, 11) is 2.03. The molecule has 0 radical (unpaired) electrons. The molecule has 0 amide bonds. The van der Waals surface area contributed by atoms with Gasteiger partial charge in [0.15, 0.2) is 0 Å². The van der Waals surface area contributed by atoms with Gasteiger partial charge in [-0.2, -0.15) is 5.26 Å². The molecule has 3 nitrogen and oxygen atoms in total. The van der Waals surface area contributed by atoms with Crippen LogP contribution in [0.2, 0.25) is 0 Å². The molecule has 0 aliphatic rings. The molecule has 1 rings (SSSR count). The Kier molecular flexibility index (Phi) is 4.66. The summed E-state index contributed by atoms with van der Waals surface area (Å²) in [5.41, 5.74) is 1.11. The van der Waals surface area contributed by atoms with Crippen LogP contribution in [0, 0.1) is 11.3 Å². The number of pyridine rings is 1. The fraction of sp³-hybridized carbons (Fsp3) is 0.455. The van der Waals surface area contributed by atoms with E-state index >= 15 is 0 Å². The van der Waals surface area contributed by atoms with Gasteiger partial charge < -0.3 is 4.90 Å². The van der Waals surface area contributed by atoms with Gasteiger partial charge in [0.05, 0.1) is 6.07 Å². The molecule has 1 aromatic rings. The lowest BCUT2D eigenvalue weighted by Crippen LogP contribution is -2.22. The van der Waals surface area contributed by atoms with Gasteiger partial charge in [-0.25, -0.2) is 0 Å². The van der Waals surface area contributed by atoms with E-state index in [1.807, 2.05) is 31.4 Å². The second kappa shape index (κ2) is 6.11. The smallest absolute Gasteiger partial charge is 0.0635 e. The van der Waals surface area contributed by atoms with Gasteiger partial charge in [0.2, 0.25) is 0 Å². The van der Waals surface area contributed by atoms with Crippen LogP contribution < -0.4 is 0 Å². The Bertz CT molecular complexity index is 289. The predicted octanol–water partition coefficient (Wildman–Crippen LogP) is 1.47. The van der Waals surface area contributed by atoms with Crippen LogP contribution in [0.15, 0.2) is 24.4 Å². The predicted molar refractivity (Wildman–Crippen MR) is 55.7 cm³/mol. The maximum atomic E-state index is 8.41. The monoisotopic (exact) mass is 189 g/mol. The number of nitrogens with zero attached hydrogens (tertiary/aromatic N) is 3. The molecular weight excluding hydrogens is 174 g/mol. The molecule has 0 N–H and O–H groups in total. The molecule has 74 valence electrons. The summed E-state index contributed by atoms with van der Waals surface area (Å²) in [5, 5.41) is 8.41. The highest BCUT2D eigenvalue weighted by Gasteiger charge is 1.98. The molecule has 0 fully saturated rings. The molecule has 0 saturated heterocycles. The standard InChI is InChI=1S/C11H15N3/c1-14(9-4-7-12)10-6-11-5-2-3-8-13-11/h2-3,5,8H,4,6,9-10H2,1H3. The van der Waals surface area contributed by atoms with Gasteiger partial charge in [-0.15, -0.1) is 0 Å². The van der Waals surface area contributed by atoms with Crippen molar-refractivity contribution in [2.75, 3.05) is 20.1 Å². The van der Waals surface area contributed by atoms with Gasteiger partial charge in [0, 0.05) is 37.8 Å². The second-order valence-corrected chi connectivity index (χ2v) is 3.28. The van der Waals surface area contributed by atoms with Crippen LogP contribution in [0.3, 0.4) is 0 Å². The summed E-state index contributed by atoms with van der Waals surface area (Å²) in [4.78, 5) is 6.39. The molecule has 0 aliphatic heterocycles. The summed E-state index contributed by atoms with van der Waals surface area (Å²) in [6, 6.07) is 8.08. The normalized spacial score (nSPS) is 10.1. The first kappa shape index (κ1) is 10.7. The van der Waals surface area contributed by atoms with Crippen LogP contribution in [0.5, 0.6) is 0 Å². The fourth-order valence-electron chi connectivity index (χ4n) is 1.20. The topological polar surface area (TPSA) is 39.9 Å². The molecular formula is C11H15N3. The number of nitriles is 1. The number of rotatable bonds is 5. The SMILES string of the molecule is CN(CCC#N)CCc1ccccn1. The minimum atomic E-state index is 0.596. The van der Waals surface area contributed by atoms with E-state index in [-0.39, 0.29) is 0 Å². The van der Waals surface area contributed by atoms with E-state index in [1.54, 1.807) is 0 Å². The molecule has 0 unspecified atom stereocenters. The highest BCUT2D eigenvalue weighted by Crippen LogP contribution is 1.96. The van der Waals surface area contributed by atoms with Gasteiger partial charge in [-0.3, -0.25) is 4.98 Å². The number of hydrogen-bond acceptors (Lipinski definition) is 3. The Morgan fingerprint density at radius 2 is 2.29 bits per heavy atom. The molecule has 14 heavy (non-hydrogen) atoms. The summed E-state index contributed by atoms with van der Waals surface area (Å²) in [6.07, 6.45) is 3.35. The Labute approximate surface area is 85.0 Å². The van der Waals surface area contributed by atoms with Crippen molar-refractivity contribution in [2.24, 2.45) is 0 Å². The Balaban J connectivity index is 2.24. The average Bonchev–Trinajstić information content (AvgIpc) is 2.25. The van der Waals surface area contributed by atoms with Gasteiger partial charge in [0.1, 0.15) is 0 Å². The number of likely N-dealkylation sites (N-methyl/N-ethyl adjacent to an activating group) is 1. The molecule has 0 atom stereocenters. The molecule has 0 aromatic carbocycles. The lowest BCUT2D eigenvalue weighted by atomic mass is 10.2. The molecule has 0 spiro atoms. The zero-order valence-corrected chi connectivity index (χ0v) is 8.48. The third kappa shape index (κ3) is 4.01. The van der Waals surface area contributed by atoms with E-state index in [0.717, 1.165) is 25.2 Å². The lowest BCUT2D eigenvalue weighted by Gasteiger charge is -2.13. The molecule has 3 heteroatoms. The molecule has 0 aliphatic carbocycles. The van der Waals surface area contributed by atoms with Crippen LogP contribution >= 0.6 is 0 Å². The summed E-state index contributed by atoms with van der Waals surface area (Å²) < 4.78 is 0. The summed E-state index contributed by atoms with van der Waals surface area (Å²) in [5.74, 6) is 0. The fourth-order valence-corrected chi connectivity index (χ4v) is 1.20. The van der Waals surface area contributed by atoms with Crippen LogP contribution in [0.25, 0.3) is 0 Å². The molecule has 1 aromatic heterocycles. The Morgan fingerprint density at radius 3 is 2.93 bits per heavy atom. The maximum Gasteiger partial charge on any atom is 0.0635 e. The van der Waals surface area contributed by atoms with Crippen molar-refractivity contribution < 1.29 is 0 Å². The summed E-state index contributed by atoms with van der Waals surface area (Å²) in [6.45, 7) is 1.79. The van der Waals surface area contributed by atoms with Crippen molar-refractivity contribution in [1.82, 2.24) is 9.88 Å². The van der Waals surface area contributed by atoms with Crippen molar-refractivity contribution >= 4 is 0 Å². The van der Waals surface area contributed by atoms with Crippen LogP contribution in [0.4, 0.5) is 0 Å². The third-order valence-corrected chi connectivity index (χ3v) is 2.08. The lowest BCUT2D eigenvalue weighted by molar-refractivity contribution is 0.345. The van der Waals surface area contributed by atoms with Crippen molar-refractivity contribution in [2.45, 2.75) is 12.8 Å². The van der Waals surface area contributed by atoms with Crippen molar-refractivity contribution in [1.29, 1.82) is 5.26 Å². The average molecular weight is 189 g/mol. The Morgan fingerprint density at radius 1 is 1.43 bits per heavy atom. The van der Waals surface area contributed by atoms with E-state index in [9.17, 15) is 0 Å². The molecule has 0 saturated carbocycles. The van der Waals surface area contributed by atoms with E-state index in [2.05, 4.69) is 16.0 Å². The van der Waals surface area contributed by atoms with E-state index in [1.165, 1.54) is 0 Å². The third-order valence-electron chi connectivity index (χ3n) is 2.08. The van der Waals surface area contributed by atoms with Crippen LogP contribution in [-0.2, 0) is 6.42 Å². The van der Waals surface area contributed by atoms with E-state index in [0.29, 0.717) is 6.42 Å². The van der Waals surface area contributed by atoms with Crippen LogP contribution in [0.1, 0.15) is 12.1 Å². The zero-order valence-electron chi connectivity index (χ0n) is 8.48. The first-order chi connectivity index (χ1) is 6.83. The minimum absolute atomic E-state index is 0.596. The highest BCUT2D eigenvalue weighted by atomic mass is 15.1. The van der Waals surface area contributed by atoms with Crippen molar-refractivity contribution in [3.05, 3.63) is 30.1 Å². The van der Waals surface area contributed by atoms with E-state index < -0.39 is 0 Å². The molecule has 1 heterocycles. The first-order valence-electron chi connectivity index (χ1n) is 4.78. The summed E-state index contributed by atoms with van der Waals surface area (Å²) >= 11 is 0. The van der Waals surface area contributed by atoms with Crippen molar-refractivity contribution in [3.63, 3.8) is 0 Å². The minimum Gasteiger partial charge on any atom is -0.305 e. The van der Waals surface area contributed by atoms with Gasteiger partial charge in [-0.05, 0) is 19.2 Å². The number of hydrogen-bond donors (Lipinski definition) is 0. The van der Waals surface area contributed by atoms with Crippen molar-refractivity contribution in [3.8, 4) is 6.07 Å². The molecule has 0 bridgehead atoms. The Hall–Kier alpha value is -1.40. The van der Waals surface area contributed by atoms with Gasteiger partial charge in [-0.1, -0.05) is 6.07 Å². The quantitative estimate of drug-likeness (QED) is 0.704. The first-order valence-corrected chi connectivity index (χ1v) is 4.78. The van der Waals surface area contributed by atoms with Gasteiger partial charge in [0.25, 0.3) is 0 Å². The second-order valence-electron chi connectivity index (χ2n) is 3.28. The largest absolute Gasteiger partial charge is 0.305 e.